The van der Waals surface area contributed by atoms with Crippen LogP contribution >= 0.6 is 0 Å². The van der Waals surface area contributed by atoms with Gasteiger partial charge in [0.15, 0.2) is 5.69 Å². The second-order valence-electron chi connectivity index (χ2n) is 5.42. The summed E-state index contributed by atoms with van der Waals surface area (Å²) in [6.07, 6.45) is 1.39. The Hall–Kier alpha value is -2.63. The van der Waals surface area contributed by atoms with Crippen molar-refractivity contribution in [2.45, 2.75) is 20.4 Å². The lowest BCUT2D eigenvalue weighted by atomic mass is 10.2. The van der Waals surface area contributed by atoms with Crippen LogP contribution in [0.3, 0.4) is 0 Å². The normalized spacial score (nSPS) is 11.6. The monoisotopic (exact) mass is 285 g/mol. The number of hydrogen-bond acceptors (Lipinski definition) is 3. The van der Waals surface area contributed by atoms with E-state index in [1.165, 1.54) is 6.33 Å². The van der Waals surface area contributed by atoms with E-state index in [1.54, 1.807) is 8.97 Å². The van der Waals surface area contributed by atoms with E-state index in [0.717, 1.165) is 11.0 Å². The van der Waals surface area contributed by atoms with Gasteiger partial charge in [0.2, 0.25) is 0 Å². The number of fused-ring (bicyclic) bond motifs is 3. The van der Waals surface area contributed by atoms with Crippen LogP contribution in [0, 0.1) is 5.92 Å². The lowest BCUT2D eigenvalue weighted by Gasteiger charge is -2.14. The Bertz CT molecular complexity index is 906. The second-order valence-corrected chi connectivity index (χ2v) is 5.42. The summed E-state index contributed by atoms with van der Waals surface area (Å²) in [5.41, 5.74) is 1.13. The van der Waals surface area contributed by atoms with Gasteiger partial charge >= 0.3 is 5.97 Å². The average molecular weight is 285 g/mol. The lowest BCUT2D eigenvalue weighted by Crippen LogP contribution is -2.26. The molecule has 0 amide bonds. The maximum atomic E-state index is 12.7. The maximum absolute atomic E-state index is 12.7. The average Bonchev–Trinajstić information content (AvgIpc) is 2.88. The summed E-state index contributed by atoms with van der Waals surface area (Å²) in [6.45, 7) is 4.56. The van der Waals surface area contributed by atoms with Crippen molar-refractivity contribution in [1.82, 2.24) is 14.0 Å². The van der Waals surface area contributed by atoms with Gasteiger partial charge in [0.05, 0.1) is 11.0 Å². The summed E-state index contributed by atoms with van der Waals surface area (Å²) >= 11 is 0. The van der Waals surface area contributed by atoms with Crippen LogP contribution in [0.25, 0.3) is 16.6 Å². The molecule has 3 rings (SSSR count). The fraction of sp³-hybridized carbons (Fsp3) is 0.267. The van der Waals surface area contributed by atoms with Gasteiger partial charge in [-0.2, -0.15) is 0 Å². The van der Waals surface area contributed by atoms with Gasteiger partial charge < -0.3 is 9.67 Å². The van der Waals surface area contributed by atoms with Crippen LogP contribution < -0.4 is 5.56 Å². The first-order chi connectivity index (χ1) is 10.0. The molecule has 1 N–H and O–H groups in total. The number of aromatic nitrogens is 3. The molecule has 0 bridgehead atoms. The molecule has 6 heteroatoms. The van der Waals surface area contributed by atoms with Crippen molar-refractivity contribution in [2.24, 2.45) is 5.92 Å². The molecule has 0 aliphatic heterocycles. The Morgan fingerprint density at radius 2 is 1.95 bits per heavy atom. The van der Waals surface area contributed by atoms with Gasteiger partial charge in [-0.25, -0.2) is 9.78 Å². The number of para-hydroxylation sites is 2. The highest BCUT2D eigenvalue weighted by Gasteiger charge is 2.19. The van der Waals surface area contributed by atoms with Crippen LogP contribution in [0.15, 0.2) is 35.4 Å². The fourth-order valence-corrected chi connectivity index (χ4v) is 2.57. The molecule has 0 radical (unpaired) electrons. The summed E-state index contributed by atoms with van der Waals surface area (Å²) in [6, 6.07) is 7.43. The van der Waals surface area contributed by atoms with E-state index in [0.29, 0.717) is 6.54 Å². The third-order valence-electron chi connectivity index (χ3n) is 3.40. The molecule has 2 aromatic heterocycles. The van der Waals surface area contributed by atoms with E-state index in [2.05, 4.69) is 4.98 Å². The molecule has 0 saturated carbocycles. The highest BCUT2D eigenvalue weighted by Crippen LogP contribution is 2.17. The maximum Gasteiger partial charge on any atom is 0.356 e. The summed E-state index contributed by atoms with van der Waals surface area (Å²) in [4.78, 5) is 27.9. The van der Waals surface area contributed by atoms with Crippen LogP contribution in [-0.4, -0.2) is 25.0 Å². The zero-order valence-electron chi connectivity index (χ0n) is 11.8. The predicted molar refractivity (Wildman–Crippen MR) is 78.8 cm³/mol. The lowest BCUT2D eigenvalue weighted by molar-refractivity contribution is 0.0693. The molecule has 108 valence electrons. The molecule has 1 aromatic carbocycles. The van der Waals surface area contributed by atoms with Crippen molar-refractivity contribution in [3.8, 4) is 0 Å². The Morgan fingerprint density at radius 1 is 1.29 bits per heavy atom. The summed E-state index contributed by atoms with van der Waals surface area (Å²) in [5.74, 6) is -0.925. The molecule has 6 nitrogen and oxygen atoms in total. The number of carboxylic acid groups (broad SMARTS) is 1. The summed E-state index contributed by atoms with van der Waals surface area (Å²) in [7, 11) is 0. The topological polar surface area (TPSA) is 76.6 Å². The van der Waals surface area contributed by atoms with Gasteiger partial charge in [0, 0.05) is 6.54 Å². The Balaban J connectivity index is 2.52. The molecule has 0 saturated heterocycles. The number of benzene rings is 1. The number of hydrogen-bond donors (Lipinski definition) is 1. The van der Waals surface area contributed by atoms with Crippen molar-refractivity contribution < 1.29 is 9.90 Å². The molecule has 3 aromatic rings. The third kappa shape index (κ3) is 1.99. The first-order valence-corrected chi connectivity index (χ1v) is 6.72. The van der Waals surface area contributed by atoms with Gasteiger partial charge in [-0.15, -0.1) is 0 Å². The van der Waals surface area contributed by atoms with E-state index in [9.17, 15) is 14.7 Å². The van der Waals surface area contributed by atoms with Gasteiger partial charge in [-0.1, -0.05) is 26.0 Å². The fourth-order valence-electron chi connectivity index (χ4n) is 2.57. The quantitative estimate of drug-likeness (QED) is 0.798. The number of carbonyl (C=O) groups is 1. The summed E-state index contributed by atoms with van der Waals surface area (Å²) in [5, 5.41) is 9.22. The highest BCUT2D eigenvalue weighted by molar-refractivity contribution is 5.95. The van der Waals surface area contributed by atoms with Crippen molar-refractivity contribution in [2.75, 3.05) is 0 Å². The molecule has 0 atom stereocenters. The number of aromatic carboxylic acids is 1. The van der Waals surface area contributed by atoms with Gasteiger partial charge in [0.25, 0.3) is 5.56 Å². The van der Waals surface area contributed by atoms with Crippen LogP contribution in [0.5, 0.6) is 0 Å². The molecule has 21 heavy (non-hydrogen) atoms. The van der Waals surface area contributed by atoms with Gasteiger partial charge in [-0.05, 0) is 18.1 Å². The summed E-state index contributed by atoms with van der Waals surface area (Å²) < 4.78 is 3.18. The molecule has 0 unspecified atom stereocenters. The highest BCUT2D eigenvalue weighted by atomic mass is 16.4. The minimum atomic E-state index is -1.19. The van der Waals surface area contributed by atoms with E-state index in [4.69, 9.17) is 0 Å². The number of rotatable bonds is 3. The minimum absolute atomic E-state index is 0.113. The second kappa shape index (κ2) is 4.73. The van der Waals surface area contributed by atoms with Gasteiger partial charge in [-0.3, -0.25) is 9.20 Å². The van der Waals surface area contributed by atoms with Crippen molar-refractivity contribution in [1.29, 1.82) is 0 Å². The predicted octanol–water partition coefficient (Wildman–Crippen LogP) is 2.00. The number of nitrogens with zero attached hydrogens (tertiary/aromatic N) is 3. The van der Waals surface area contributed by atoms with E-state index < -0.39 is 5.97 Å². The number of imidazole rings is 1. The molecule has 0 aliphatic rings. The Kier molecular flexibility index (Phi) is 3.01. The SMILES string of the molecule is CC(C)Cn1c(=O)c2c(C(=O)O)ncn2c2ccccc21. The standard InChI is InChI=1S/C15H15N3O3/c1-9(2)7-17-10-5-3-4-6-11(10)18-8-16-12(15(20)21)13(18)14(17)19/h3-6,8-9H,7H2,1-2H3,(H,20,21). The van der Waals surface area contributed by atoms with Crippen LogP contribution in [0.4, 0.5) is 0 Å². The zero-order chi connectivity index (χ0) is 15.1. The van der Waals surface area contributed by atoms with Crippen LogP contribution in [0.1, 0.15) is 24.3 Å². The third-order valence-corrected chi connectivity index (χ3v) is 3.40. The molecule has 0 fully saturated rings. The molecular formula is C15H15N3O3. The first-order valence-electron chi connectivity index (χ1n) is 6.72. The van der Waals surface area contributed by atoms with Gasteiger partial charge in [0.1, 0.15) is 11.8 Å². The van der Waals surface area contributed by atoms with Crippen molar-refractivity contribution in [3.05, 3.63) is 46.6 Å². The Labute approximate surface area is 120 Å². The van der Waals surface area contributed by atoms with E-state index in [1.807, 2.05) is 38.1 Å². The largest absolute Gasteiger partial charge is 0.476 e. The Morgan fingerprint density at radius 3 is 2.57 bits per heavy atom. The molecule has 2 heterocycles. The molecule has 0 aliphatic carbocycles. The van der Waals surface area contributed by atoms with E-state index in [-0.39, 0.29) is 22.7 Å². The molecule has 0 spiro atoms. The van der Waals surface area contributed by atoms with Crippen LogP contribution in [-0.2, 0) is 6.54 Å². The smallest absolute Gasteiger partial charge is 0.356 e. The van der Waals surface area contributed by atoms with Crippen molar-refractivity contribution >= 4 is 22.5 Å². The van der Waals surface area contributed by atoms with E-state index >= 15 is 0 Å². The first kappa shape index (κ1) is 13.4. The minimum Gasteiger partial charge on any atom is -0.476 e. The molecular weight excluding hydrogens is 270 g/mol. The zero-order valence-corrected chi connectivity index (χ0v) is 11.8. The number of carboxylic acids is 1. The van der Waals surface area contributed by atoms with Crippen molar-refractivity contribution in [3.63, 3.8) is 0 Å². The van der Waals surface area contributed by atoms with Crippen LogP contribution in [0.2, 0.25) is 0 Å².